The Labute approximate surface area is 144 Å². The summed E-state index contributed by atoms with van der Waals surface area (Å²) in [6, 6.07) is 9.57. The second-order valence-electron chi connectivity index (χ2n) is 7.72. The number of anilines is 1. The van der Waals surface area contributed by atoms with Gasteiger partial charge in [0.25, 0.3) is 5.91 Å². The molecule has 2 rings (SSSR count). The second kappa shape index (κ2) is 6.73. The van der Waals surface area contributed by atoms with Crippen LogP contribution in [0, 0.1) is 0 Å². The predicted octanol–water partition coefficient (Wildman–Crippen LogP) is 4.24. The van der Waals surface area contributed by atoms with Crippen molar-refractivity contribution in [3.63, 3.8) is 0 Å². The van der Waals surface area contributed by atoms with Crippen LogP contribution in [0.4, 0.5) is 5.82 Å². The van der Waals surface area contributed by atoms with E-state index in [-0.39, 0.29) is 11.3 Å². The molecule has 0 saturated heterocycles. The molecule has 0 bridgehead atoms. The highest BCUT2D eigenvalue weighted by molar-refractivity contribution is 6.70. The molecule has 2 aromatic rings. The zero-order chi connectivity index (χ0) is 18.0. The number of hydrogen-bond donors (Lipinski definition) is 1. The first-order valence-corrected chi connectivity index (χ1v) is 11.4. The quantitative estimate of drug-likeness (QED) is 0.843. The van der Waals surface area contributed by atoms with E-state index >= 15 is 0 Å². The van der Waals surface area contributed by atoms with Gasteiger partial charge in [-0.3, -0.25) is 4.79 Å². The van der Waals surface area contributed by atoms with Crippen molar-refractivity contribution in [3.8, 4) is 6.01 Å². The third-order valence-corrected chi connectivity index (χ3v) is 4.08. The number of hydrogen-bond acceptors (Lipinski definition) is 4. The van der Waals surface area contributed by atoms with Gasteiger partial charge in [-0.25, -0.2) is 4.98 Å². The Morgan fingerprint density at radius 2 is 1.71 bits per heavy atom. The molecule has 0 aliphatic rings. The van der Waals surface area contributed by atoms with Gasteiger partial charge in [-0.05, 0) is 48.8 Å². The number of aromatic nitrogens is 2. The van der Waals surface area contributed by atoms with Crippen molar-refractivity contribution in [3.05, 3.63) is 47.7 Å². The van der Waals surface area contributed by atoms with E-state index in [1.165, 1.54) is 5.56 Å². The maximum Gasteiger partial charge on any atom is 0.304 e. The molecule has 1 aromatic heterocycles. The largest absolute Gasteiger partial charge is 0.518 e. The normalized spacial score (nSPS) is 11.9. The van der Waals surface area contributed by atoms with Crippen LogP contribution in [0.1, 0.15) is 36.7 Å². The molecule has 24 heavy (non-hydrogen) atoms. The van der Waals surface area contributed by atoms with Gasteiger partial charge in [0.15, 0.2) is 0 Å². The molecule has 6 heteroatoms. The Kier molecular flexibility index (Phi) is 5.08. The second-order valence-corrected chi connectivity index (χ2v) is 12.1. The molecule has 0 aliphatic carbocycles. The zero-order valence-corrected chi connectivity index (χ0v) is 16.2. The fraction of sp³-hybridized carbons (Fsp3) is 0.389. The topological polar surface area (TPSA) is 64.1 Å². The van der Waals surface area contributed by atoms with Gasteiger partial charge in [-0.2, -0.15) is 4.98 Å². The summed E-state index contributed by atoms with van der Waals surface area (Å²) in [4.78, 5) is 20.7. The summed E-state index contributed by atoms with van der Waals surface area (Å²) in [7, 11) is -1.79. The number of nitrogens with zero attached hydrogens (tertiary/aromatic N) is 2. The van der Waals surface area contributed by atoms with Crippen LogP contribution in [0.5, 0.6) is 6.01 Å². The third kappa shape index (κ3) is 5.16. The Hall–Kier alpha value is -2.21. The summed E-state index contributed by atoms with van der Waals surface area (Å²) in [6.45, 7) is 12.6. The van der Waals surface area contributed by atoms with Crippen molar-refractivity contribution in [2.45, 2.75) is 45.8 Å². The van der Waals surface area contributed by atoms with Crippen molar-refractivity contribution in [2.24, 2.45) is 0 Å². The van der Waals surface area contributed by atoms with Crippen LogP contribution < -0.4 is 9.74 Å². The van der Waals surface area contributed by atoms with E-state index in [2.05, 4.69) is 55.7 Å². The fourth-order valence-electron chi connectivity index (χ4n) is 2.04. The van der Waals surface area contributed by atoms with Crippen molar-refractivity contribution in [2.75, 3.05) is 5.32 Å². The average Bonchev–Trinajstić information content (AvgIpc) is 2.45. The SMILES string of the molecule is CC(C)(C)c1ccc(C(=O)Nc2ccnc(O[Si](C)(C)C)n2)cc1. The van der Waals surface area contributed by atoms with Crippen LogP contribution in [0.25, 0.3) is 0 Å². The van der Waals surface area contributed by atoms with Gasteiger partial charge in [0, 0.05) is 11.8 Å². The van der Waals surface area contributed by atoms with Gasteiger partial charge in [0.1, 0.15) is 5.82 Å². The molecule has 0 fully saturated rings. The number of carbonyl (C=O) groups is 1. The summed E-state index contributed by atoms with van der Waals surface area (Å²) in [5.41, 5.74) is 1.84. The highest BCUT2D eigenvalue weighted by Gasteiger charge is 2.18. The molecule has 0 spiro atoms. The number of benzene rings is 1. The molecule has 128 valence electrons. The molecular formula is C18H25N3O2Si. The lowest BCUT2D eigenvalue weighted by Crippen LogP contribution is -2.30. The lowest BCUT2D eigenvalue weighted by atomic mass is 9.87. The van der Waals surface area contributed by atoms with Crippen LogP contribution in [0.15, 0.2) is 36.5 Å². The van der Waals surface area contributed by atoms with Crippen LogP contribution in [0.3, 0.4) is 0 Å². The van der Waals surface area contributed by atoms with Gasteiger partial charge >= 0.3 is 6.01 Å². The van der Waals surface area contributed by atoms with E-state index < -0.39 is 8.32 Å². The van der Waals surface area contributed by atoms with E-state index in [9.17, 15) is 4.79 Å². The van der Waals surface area contributed by atoms with E-state index in [4.69, 9.17) is 4.43 Å². The lowest BCUT2D eigenvalue weighted by Gasteiger charge is -2.19. The Morgan fingerprint density at radius 3 is 2.25 bits per heavy atom. The molecule has 0 radical (unpaired) electrons. The fourth-order valence-corrected chi connectivity index (χ4v) is 2.69. The van der Waals surface area contributed by atoms with Crippen LogP contribution in [-0.2, 0) is 5.41 Å². The first-order valence-electron chi connectivity index (χ1n) is 7.98. The summed E-state index contributed by atoms with van der Waals surface area (Å²) in [5, 5.41) is 2.79. The predicted molar refractivity (Wildman–Crippen MR) is 99.1 cm³/mol. The number of nitrogens with one attached hydrogen (secondary N) is 1. The molecule has 0 atom stereocenters. The van der Waals surface area contributed by atoms with Crippen molar-refractivity contribution in [1.29, 1.82) is 0 Å². The molecule has 0 unspecified atom stereocenters. The van der Waals surface area contributed by atoms with Crippen LogP contribution >= 0.6 is 0 Å². The van der Waals surface area contributed by atoms with Crippen molar-refractivity contribution >= 4 is 20.0 Å². The summed E-state index contributed by atoms with van der Waals surface area (Å²) in [6.07, 6.45) is 1.58. The van der Waals surface area contributed by atoms with Gasteiger partial charge in [0.2, 0.25) is 8.32 Å². The van der Waals surface area contributed by atoms with Gasteiger partial charge < -0.3 is 9.74 Å². The average molecular weight is 344 g/mol. The maximum atomic E-state index is 12.4. The van der Waals surface area contributed by atoms with Gasteiger partial charge in [-0.15, -0.1) is 0 Å². The van der Waals surface area contributed by atoms with Gasteiger partial charge in [-0.1, -0.05) is 32.9 Å². The Balaban J connectivity index is 2.11. The molecule has 5 nitrogen and oxygen atoms in total. The molecule has 1 aromatic carbocycles. The van der Waals surface area contributed by atoms with E-state index in [1.54, 1.807) is 12.3 Å². The number of carbonyl (C=O) groups excluding carboxylic acids is 1. The first kappa shape index (κ1) is 18.1. The van der Waals surface area contributed by atoms with E-state index in [0.29, 0.717) is 17.4 Å². The maximum absolute atomic E-state index is 12.4. The molecule has 1 N–H and O–H groups in total. The minimum absolute atomic E-state index is 0.0603. The minimum atomic E-state index is -1.79. The molecular weight excluding hydrogens is 318 g/mol. The standard InChI is InChI=1S/C18H25N3O2Si/c1-18(2,3)14-9-7-13(8-10-14)16(22)20-15-11-12-19-17(21-15)23-24(4,5)6/h7-12H,1-6H3,(H,19,20,21,22). The minimum Gasteiger partial charge on any atom is -0.518 e. The van der Waals surface area contributed by atoms with Crippen molar-refractivity contribution in [1.82, 2.24) is 9.97 Å². The molecule has 1 heterocycles. The Bertz CT molecular complexity index is 716. The summed E-state index contributed by atoms with van der Waals surface area (Å²) in [5.74, 6) is 0.233. The van der Waals surface area contributed by atoms with E-state index in [0.717, 1.165) is 0 Å². The monoisotopic (exact) mass is 343 g/mol. The van der Waals surface area contributed by atoms with Crippen molar-refractivity contribution < 1.29 is 9.22 Å². The summed E-state index contributed by atoms with van der Waals surface area (Å²) >= 11 is 0. The van der Waals surface area contributed by atoms with Crippen LogP contribution in [0.2, 0.25) is 19.6 Å². The zero-order valence-electron chi connectivity index (χ0n) is 15.2. The third-order valence-electron chi connectivity index (χ3n) is 3.29. The molecule has 0 aliphatic heterocycles. The molecule has 0 saturated carbocycles. The van der Waals surface area contributed by atoms with E-state index in [1.807, 2.05) is 24.3 Å². The number of amides is 1. The lowest BCUT2D eigenvalue weighted by molar-refractivity contribution is 0.102. The smallest absolute Gasteiger partial charge is 0.304 e. The summed E-state index contributed by atoms with van der Waals surface area (Å²) < 4.78 is 5.75. The highest BCUT2D eigenvalue weighted by atomic mass is 28.4. The van der Waals surface area contributed by atoms with Gasteiger partial charge in [0.05, 0.1) is 0 Å². The number of rotatable bonds is 4. The highest BCUT2D eigenvalue weighted by Crippen LogP contribution is 2.22. The molecule has 1 amide bonds. The Morgan fingerprint density at radius 1 is 1.08 bits per heavy atom. The van der Waals surface area contributed by atoms with Crippen LogP contribution in [-0.4, -0.2) is 24.2 Å². The first-order chi connectivity index (χ1) is 11.0.